The largest absolute Gasteiger partial charge is 0.481 e. The van der Waals surface area contributed by atoms with Gasteiger partial charge in [0, 0.05) is 32.4 Å². The van der Waals surface area contributed by atoms with Crippen molar-refractivity contribution in [3.63, 3.8) is 0 Å². The van der Waals surface area contributed by atoms with Crippen molar-refractivity contribution in [2.45, 2.75) is 12.8 Å². The third-order valence-corrected chi connectivity index (χ3v) is 4.36. The Labute approximate surface area is 132 Å². The van der Waals surface area contributed by atoms with Crippen LogP contribution in [-0.2, 0) is 16.6 Å². The molecule has 0 unspecified atom stereocenters. The molecule has 1 aromatic carbocycles. The third-order valence-electron chi connectivity index (χ3n) is 4.36. The summed E-state index contributed by atoms with van der Waals surface area (Å²) in [6.45, 7) is 0.879. The fourth-order valence-electron chi connectivity index (χ4n) is 2.76. The highest BCUT2D eigenvalue weighted by atomic mass is 16.5. The van der Waals surface area contributed by atoms with Crippen LogP contribution in [0.1, 0.15) is 23.2 Å². The molecule has 1 aliphatic rings. The Hall–Kier alpha value is -2.48. The van der Waals surface area contributed by atoms with Crippen molar-refractivity contribution in [3.8, 4) is 0 Å². The highest BCUT2D eigenvalue weighted by molar-refractivity contribution is 5.97. The summed E-state index contributed by atoms with van der Waals surface area (Å²) < 4.78 is 6.85. The fourth-order valence-corrected chi connectivity index (χ4v) is 2.76. The van der Waals surface area contributed by atoms with E-state index in [1.165, 1.54) is 0 Å². The summed E-state index contributed by atoms with van der Waals surface area (Å²) in [7, 11) is 1.77. The van der Waals surface area contributed by atoms with Gasteiger partial charge in [-0.2, -0.15) is 0 Å². The maximum atomic E-state index is 12.3. The molecule has 0 atom stereocenters. The van der Waals surface area contributed by atoms with E-state index in [4.69, 9.17) is 4.74 Å². The van der Waals surface area contributed by atoms with E-state index in [9.17, 15) is 14.7 Å². The Morgan fingerprint density at radius 2 is 2.13 bits per heavy atom. The van der Waals surface area contributed by atoms with Gasteiger partial charge in [-0.15, -0.1) is 5.10 Å². The van der Waals surface area contributed by atoms with Crippen molar-refractivity contribution < 1.29 is 19.4 Å². The lowest BCUT2D eigenvalue weighted by Gasteiger charge is -2.33. The molecule has 1 saturated heterocycles. The van der Waals surface area contributed by atoms with Crippen LogP contribution in [0.3, 0.4) is 0 Å². The van der Waals surface area contributed by atoms with E-state index in [0.717, 1.165) is 5.52 Å². The highest BCUT2D eigenvalue weighted by Gasteiger charge is 2.40. The summed E-state index contributed by atoms with van der Waals surface area (Å²) in [4.78, 5) is 23.9. The number of nitrogens with one attached hydrogen (secondary N) is 1. The van der Waals surface area contributed by atoms with Crippen LogP contribution in [0.5, 0.6) is 0 Å². The average molecular weight is 318 g/mol. The first kappa shape index (κ1) is 15.4. The maximum Gasteiger partial charge on any atom is 0.311 e. The molecule has 0 saturated carbocycles. The van der Waals surface area contributed by atoms with Crippen LogP contribution in [-0.4, -0.2) is 51.7 Å². The van der Waals surface area contributed by atoms with Gasteiger partial charge in [0.15, 0.2) is 0 Å². The molecule has 0 bridgehead atoms. The van der Waals surface area contributed by atoms with E-state index < -0.39 is 11.4 Å². The lowest BCUT2D eigenvalue weighted by molar-refractivity contribution is -0.154. The Bertz CT molecular complexity index is 749. The molecule has 122 valence electrons. The van der Waals surface area contributed by atoms with Crippen LogP contribution in [0.15, 0.2) is 18.2 Å². The molecule has 0 aliphatic carbocycles. The molecular formula is C15H18N4O4. The molecule has 2 aromatic rings. The number of carbonyl (C=O) groups is 2. The van der Waals surface area contributed by atoms with E-state index in [1.807, 2.05) is 0 Å². The van der Waals surface area contributed by atoms with Gasteiger partial charge in [-0.1, -0.05) is 5.21 Å². The normalized spacial score (nSPS) is 17.1. The van der Waals surface area contributed by atoms with Crippen molar-refractivity contribution >= 4 is 22.9 Å². The van der Waals surface area contributed by atoms with Crippen LogP contribution >= 0.6 is 0 Å². The molecule has 2 N–H and O–H groups in total. The first-order chi connectivity index (χ1) is 11.0. The molecule has 2 heterocycles. The maximum absolute atomic E-state index is 12.3. The SMILES string of the molecule is Cn1nnc2cc(C(=O)NCC3(C(=O)O)CCOCC3)ccc21. The van der Waals surface area contributed by atoms with Crippen molar-refractivity contribution in [1.29, 1.82) is 0 Å². The summed E-state index contributed by atoms with van der Waals surface area (Å²) in [6.07, 6.45) is 0.789. The number of hydrogen-bond acceptors (Lipinski definition) is 5. The van der Waals surface area contributed by atoms with Gasteiger partial charge in [-0.05, 0) is 31.0 Å². The van der Waals surface area contributed by atoms with Crippen LogP contribution in [0.25, 0.3) is 11.0 Å². The molecule has 1 fully saturated rings. The zero-order valence-corrected chi connectivity index (χ0v) is 12.8. The Morgan fingerprint density at radius 3 is 2.83 bits per heavy atom. The smallest absolute Gasteiger partial charge is 0.311 e. The number of fused-ring (bicyclic) bond motifs is 1. The van der Waals surface area contributed by atoms with Gasteiger partial charge in [0.25, 0.3) is 5.91 Å². The van der Waals surface area contributed by atoms with Crippen molar-refractivity contribution in [2.75, 3.05) is 19.8 Å². The first-order valence-corrected chi connectivity index (χ1v) is 7.41. The minimum absolute atomic E-state index is 0.0863. The van der Waals surface area contributed by atoms with Gasteiger partial charge in [-0.3, -0.25) is 9.59 Å². The Morgan fingerprint density at radius 1 is 1.39 bits per heavy atom. The third kappa shape index (κ3) is 2.89. The Kier molecular flexibility index (Phi) is 3.99. The number of nitrogens with zero attached hydrogens (tertiary/aromatic N) is 3. The standard InChI is InChI=1S/C15H18N4O4/c1-19-12-3-2-10(8-11(12)17-18-19)13(20)16-9-15(14(21)22)4-6-23-7-5-15/h2-3,8H,4-7,9H2,1H3,(H,16,20)(H,21,22). The number of carboxylic acid groups (broad SMARTS) is 1. The molecule has 1 amide bonds. The number of carboxylic acids is 1. The Balaban J connectivity index is 1.73. The summed E-state index contributed by atoms with van der Waals surface area (Å²) >= 11 is 0. The number of hydrogen-bond donors (Lipinski definition) is 2. The van der Waals surface area contributed by atoms with E-state index in [1.54, 1.807) is 29.9 Å². The number of carbonyl (C=O) groups excluding carboxylic acids is 1. The topological polar surface area (TPSA) is 106 Å². The number of aromatic nitrogens is 3. The van der Waals surface area contributed by atoms with Gasteiger partial charge in [0.05, 0.1) is 10.9 Å². The summed E-state index contributed by atoms with van der Waals surface area (Å²) in [5.74, 6) is -1.21. The first-order valence-electron chi connectivity index (χ1n) is 7.41. The van der Waals surface area contributed by atoms with Gasteiger partial charge >= 0.3 is 5.97 Å². The average Bonchev–Trinajstić information content (AvgIpc) is 2.94. The van der Waals surface area contributed by atoms with Gasteiger partial charge < -0.3 is 15.2 Å². The van der Waals surface area contributed by atoms with Crippen molar-refractivity contribution in [3.05, 3.63) is 23.8 Å². The lowest BCUT2D eigenvalue weighted by atomic mass is 9.80. The zero-order chi connectivity index (χ0) is 16.4. The van der Waals surface area contributed by atoms with E-state index in [-0.39, 0.29) is 12.5 Å². The van der Waals surface area contributed by atoms with Crippen molar-refractivity contribution in [2.24, 2.45) is 12.5 Å². The second-order valence-electron chi connectivity index (χ2n) is 5.80. The van der Waals surface area contributed by atoms with Crippen LogP contribution in [0.2, 0.25) is 0 Å². The predicted molar refractivity (Wildman–Crippen MR) is 81.0 cm³/mol. The number of rotatable bonds is 4. The molecule has 1 aromatic heterocycles. The molecule has 8 heteroatoms. The predicted octanol–water partition coefficient (Wildman–Crippen LogP) is 0.580. The fraction of sp³-hybridized carbons (Fsp3) is 0.467. The minimum atomic E-state index is -0.954. The second-order valence-corrected chi connectivity index (χ2v) is 5.80. The molecular weight excluding hydrogens is 300 g/mol. The number of aryl methyl sites for hydroxylation is 1. The molecule has 1 aliphatic heterocycles. The summed E-state index contributed by atoms with van der Waals surface area (Å²) in [5.41, 5.74) is 0.933. The summed E-state index contributed by atoms with van der Waals surface area (Å²) in [5, 5.41) is 20.1. The molecule has 0 spiro atoms. The van der Waals surface area contributed by atoms with Gasteiger partial charge in [0.1, 0.15) is 5.52 Å². The highest BCUT2D eigenvalue weighted by Crippen LogP contribution is 2.30. The van der Waals surface area contributed by atoms with Crippen LogP contribution in [0.4, 0.5) is 0 Å². The van der Waals surface area contributed by atoms with E-state index in [2.05, 4.69) is 15.6 Å². The lowest BCUT2D eigenvalue weighted by Crippen LogP contribution is -2.46. The van der Waals surface area contributed by atoms with Crippen LogP contribution < -0.4 is 5.32 Å². The van der Waals surface area contributed by atoms with Crippen molar-refractivity contribution in [1.82, 2.24) is 20.3 Å². The van der Waals surface area contributed by atoms with Gasteiger partial charge in [-0.25, -0.2) is 4.68 Å². The van der Waals surface area contributed by atoms with Crippen LogP contribution in [0, 0.1) is 5.41 Å². The number of ether oxygens (including phenoxy) is 1. The van der Waals surface area contributed by atoms with E-state index in [0.29, 0.717) is 37.1 Å². The minimum Gasteiger partial charge on any atom is -0.481 e. The number of aliphatic carboxylic acids is 1. The van der Waals surface area contributed by atoms with E-state index >= 15 is 0 Å². The van der Waals surface area contributed by atoms with Gasteiger partial charge in [0.2, 0.25) is 0 Å². The number of benzene rings is 1. The summed E-state index contributed by atoms with van der Waals surface area (Å²) in [6, 6.07) is 5.10. The molecule has 23 heavy (non-hydrogen) atoms. The molecule has 3 rings (SSSR count). The molecule has 0 radical (unpaired) electrons. The zero-order valence-electron chi connectivity index (χ0n) is 12.8. The number of amides is 1. The quantitative estimate of drug-likeness (QED) is 0.854. The molecule has 8 nitrogen and oxygen atoms in total. The monoisotopic (exact) mass is 318 g/mol. The second kappa shape index (κ2) is 5.96.